The van der Waals surface area contributed by atoms with Gasteiger partial charge in [0.15, 0.2) is 0 Å². The highest BCUT2D eigenvalue weighted by Crippen LogP contribution is 2.22. The van der Waals surface area contributed by atoms with E-state index in [2.05, 4.69) is 0 Å². The summed E-state index contributed by atoms with van der Waals surface area (Å²) in [5, 5.41) is 0. The number of rotatable bonds is 5. The van der Waals surface area contributed by atoms with Crippen LogP contribution in [-0.2, 0) is 19.1 Å². The lowest BCUT2D eigenvalue weighted by atomic mass is 9.96. The largest absolute Gasteiger partial charge is 0.465 e. The van der Waals surface area contributed by atoms with E-state index in [9.17, 15) is 9.59 Å². The first kappa shape index (κ1) is 18.9. The van der Waals surface area contributed by atoms with Crippen LogP contribution in [0.1, 0.15) is 61.8 Å². The van der Waals surface area contributed by atoms with E-state index in [1.54, 1.807) is 0 Å². The minimum atomic E-state index is -0.519. The zero-order valence-electron chi connectivity index (χ0n) is 14.2. The van der Waals surface area contributed by atoms with Gasteiger partial charge < -0.3 is 9.47 Å². The van der Waals surface area contributed by atoms with Crippen LogP contribution >= 0.6 is 0 Å². The highest BCUT2D eigenvalue weighted by molar-refractivity contribution is 5.76. The van der Waals surface area contributed by atoms with Gasteiger partial charge in [0.2, 0.25) is 0 Å². The molecule has 0 aromatic heterocycles. The Labute approximate surface area is 123 Å². The van der Waals surface area contributed by atoms with Crippen molar-refractivity contribution in [2.75, 3.05) is 6.61 Å². The smallest absolute Gasteiger partial charge is 0.311 e. The molecular formula is C16H30O4. The predicted octanol–water partition coefficient (Wildman–Crippen LogP) is 3.58. The molecule has 20 heavy (non-hydrogen) atoms. The van der Waals surface area contributed by atoms with E-state index in [1.165, 1.54) is 0 Å². The van der Waals surface area contributed by atoms with Gasteiger partial charge in [0.25, 0.3) is 0 Å². The van der Waals surface area contributed by atoms with Crippen LogP contribution in [0.4, 0.5) is 0 Å². The van der Waals surface area contributed by atoms with E-state index >= 15 is 0 Å². The molecule has 0 amide bonds. The molecule has 2 unspecified atom stereocenters. The van der Waals surface area contributed by atoms with Crippen molar-refractivity contribution in [2.24, 2.45) is 16.7 Å². The summed E-state index contributed by atoms with van der Waals surface area (Å²) in [4.78, 5) is 23.6. The summed E-state index contributed by atoms with van der Waals surface area (Å²) in [5.74, 6) is -0.475. The van der Waals surface area contributed by atoms with Crippen LogP contribution in [-0.4, -0.2) is 24.6 Å². The van der Waals surface area contributed by atoms with Gasteiger partial charge in [-0.1, -0.05) is 13.8 Å². The van der Waals surface area contributed by atoms with Gasteiger partial charge in [-0.15, -0.1) is 0 Å². The Morgan fingerprint density at radius 3 is 1.75 bits per heavy atom. The zero-order chi connectivity index (χ0) is 16.1. The molecular weight excluding hydrogens is 256 g/mol. The maximum absolute atomic E-state index is 11.9. The number of hydrogen-bond donors (Lipinski definition) is 0. The first-order chi connectivity index (χ1) is 8.89. The van der Waals surface area contributed by atoms with E-state index in [1.807, 2.05) is 55.4 Å². The second-order valence-electron chi connectivity index (χ2n) is 7.43. The highest BCUT2D eigenvalue weighted by atomic mass is 16.6. The summed E-state index contributed by atoms with van der Waals surface area (Å²) in [6.45, 7) is 15.1. The van der Waals surface area contributed by atoms with Crippen LogP contribution < -0.4 is 0 Å². The Kier molecular flexibility index (Phi) is 6.72. The molecule has 0 aliphatic carbocycles. The number of carbonyl (C=O) groups excluding carboxylic acids is 2. The molecule has 0 radical (unpaired) electrons. The summed E-state index contributed by atoms with van der Waals surface area (Å²) < 4.78 is 10.8. The third kappa shape index (κ3) is 6.40. The Bertz CT molecular complexity index is 333. The van der Waals surface area contributed by atoms with Gasteiger partial charge in [-0.25, -0.2) is 0 Å². The third-order valence-electron chi connectivity index (χ3n) is 3.00. The number of carbonyl (C=O) groups is 2. The van der Waals surface area contributed by atoms with Crippen molar-refractivity contribution in [3.05, 3.63) is 0 Å². The normalized spacial score (nSPS) is 15.4. The van der Waals surface area contributed by atoms with Crippen LogP contribution in [0, 0.1) is 16.7 Å². The van der Waals surface area contributed by atoms with Crippen LogP contribution in [0.25, 0.3) is 0 Å². The molecule has 0 aromatic rings. The molecule has 0 heterocycles. The molecule has 4 heteroatoms. The maximum Gasteiger partial charge on any atom is 0.311 e. The van der Waals surface area contributed by atoms with E-state index in [0.717, 1.165) is 0 Å². The Balaban J connectivity index is 4.46. The van der Waals surface area contributed by atoms with Crippen LogP contribution in [0.2, 0.25) is 0 Å². The number of ether oxygens (including phenoxy) is 2. The minimum absolute atomic E-state index is 0.0161. The molecule has 0 spiro atoms. The van der Waals surface area contributed by atoms with Crippen molar-refractivity contribution in [1.29, 1.82) is 0 Å². The minimum Gasteiger partial charge on any atom is -0.465 e. The molecule has 4 nitrogen and oxygen atoms in total. The molecule has 0 rings (SSSR count). The van der Waals surface area contributed by atoms with Gasteiger partial charge in [0.05, 0.1) is 17.4 Å². The van der Waals surface area contributed by atoms with Crippen molar-refractivity contribution in [2.45, 2.75) is 67.9 Å². The lowest BCUT2D eigenvalue weighted by Gasteiger charge is -2.27. The van der Waals surface area contributed by atoms with E-state index in [0.29, 0.717) is 6.42 Å². The average Bonchev–Trinajstić information content (AvgIpc) is 2.29. The SMILES string of the molecule is CCC(OC(=O)C(C)(C)C)C(C)COC(=O)C(C)(C)C. The van der Waals surface area contributed by atoms with Crippen LogP contribution in [0.15, 0.2) is 0 Å². The van der Waals surface area contributed by atoms with E-state index in [4.69, 9.17) is 9.47 Å². The molecule has 0 N–H and O–H groups in total. The molecule has 0 aromatic carbocycles. The number of hydrogen-bond acceptors (Lipinski definition) is 4. The van der Waals surface area contributed by atoms with Gasteiger partial charge in [0.1, 0.15) is 6.10 Å². The van der Waals surface area contributed by atoms with Crippen LogP contribution in [0.3, 0.4) is 0 Å². The van der Waals surface area contributed by atoms with Crippen molar-refractivity contribution in [3.63, 3.8) is 0 Å². The number of esters is 2. The van der Waals surface area contributed by atoms with Gasteiger partial charge >= 0.3 is 11.9 Å². The monoisotopic (exact) mass is 286 g/mol. The van der Waals surface area contributed by atoms with Gasteiger partial charge in [-0.3, -0.25) is 9.59 Å². The fourth-order valence-electron chi connectivity index (χ4n) is 1.45. The van der Waals surface area contributed by atoms with E-state index in [-0.39, 0.29) is 30.6 Å². The Morgan fingerprint density at radius 1 is 0.950 bits per heavy atom. The van der Waals surface area contributed by atoms with Crippen molar-refractivity contribution < 1.29 is 19.1 Å². The Hall–Kier alpha value is -1.06. The molecule has 0 saturated heterocycles. The molecule has 0 bridgehead atoms. The zero-order valence-corrected chi connectivity index (χ0v) is 14.2. The molecule has 0 aliphatic heterocycles. The molecule has 0 saturated carbocycles. The van der Waals surface area contributed by atoms with Crippen LogP contribution in [0.5, 0.6) is 0 Å². The van der Waals surface area contributed by atoms with Gasteiger partial charge in [-0.2, -0.15) is 0 Å². The van der Waals surface area contributed by atoms with E-state index < -0.39 is 10.8 Å². The fraction of sp³-hybridized carbons (Fsp3) is 0.875. The first-order valence-electron chi connectivity index (χ1n) is 7.28. The molecule has 118 valence electrons. The fourth-order valence-corrected chi connectivity index (χ4v) is 1.45. The third-order valence-corrected chi connectivity index (χ3v) is 3.00. The maximum atomic E-state index is 11.9. The lowest BCUT2D eigenvalue weighted by molar-refractivity contribution is -0.165. The van der Waals surface area contributed by atoms with Crippen molar-refractivity contribution in [3.8, 4) is 0 Å². The quantitative estimate of drug-likeness (QED) is 0.725. The second kappa shape index (κ2) is 7.09. The Morgan fingerprint density at radius 2 is 1.40 bits per heavy atom. The summed E-state index contributed by atoms with van der Waals surface area (Å²) in [6, 6.07) is 0. The van der Waals surface area contributed by atoms with Crippen molar-refractivity contribution in [1.82, 2.24) is 0 Å². The lowest BCUT2D eigenvalue weighted by Crippen LogP contribution is -2.34. The molecule has 0 aliphatic rings. The molecule has 0 fully saturated rings. The predicted molar refractivity (Wildman–Crippen MR) is 79.2 cm³/mol. The summed E-state index contributed by atoms with van der Waals surface area (Å²) in [7, 11) is 0. The standard InChI is InChI=1S/C16H30O4/c1-9-12(20-14(18)16(6,7)8)11(2)10-19-13(17)15(3,4)5/h11-12H,9-10H2,1-8H3. The topological polar surface area (TPSA) is 52.6 Å². The second-order valence-corrected chi connectivity index (χ2v) is 7.43. The first-order valence-corrected chi connectivity index (χ1v) is 7.28. The summed E-state index contributed by atoms with van der Waals surface area (Å²) >= 11 is 0. The molecule has 2 atom stereocenters. The summed E-state index contributed by atoms with van der Waals surface area (Å²) in [6.07, 6.45) is 0.477. The highest BCUT2D eigenvalue weighted by Gasteiger charge is 2.29. The summed E-state index contributed by atoms with van der Waals surface area (Å²) in [5.41, 5.74) is -1.03. The van der Waals surface area contributed by atoms with Crippen molar-refractivity contribution >= 4 is 11.9 Å². The van der Waals surface area contributed by atoms with Gasteiger partial charge in [0, 0.05) is 5.92 Å². The van der Waals surface area contributed by atoms with Gasteiger partial charge in [-0.05, 0) is 48.0 Å². The average molecular weight is 286 g/mol.